The van der Waals surface area contributed by atoms with E-state index in [1.54, 1.807) is 10.9 Å². The Bertz CT molecular complexity index is 744. The number of hydrogen-bond donors (Lipinski definition) is 3. The predicted molar refractivity (Wildman–Crippen MR) is 75.3 cm³/mol. The summed E-state index contributed by atoms with van der Waals surface area (Å²) in [7, 11) is 0. The number of nitrogens with one attached hydrogen (secondary N) is 2. The number of amides is 1. The zero-order valence-corrected chi connectivity index (χ0v) is 10.7. The third kappa shape index (κ3) is 2.39. The molecule has 1 amide bonds. The number of nitrogens with zero attached hydrogens (tertiary/aromatic N) is 3. The van der Waals surface area contributed by atoms with Gasteiger partial charge in [-0.05, 0) is 24.3 Å². The van der Waals surface area contributed by atoms with Crippen molar-refractivity contribution < 1.29 is 4.79 Å². The summed E-state index contributed by atoms with van der Waals surface area (Å²) in [6.07, 6.45) is 3.44. The molecule has 0 aliphatic carbocycles. The summed E-state index contributed by atoms with van der Waals surface area (Å²) in [6.45, 7) is 0.990. The summed E-state index contributed by atoms with van der Waals surface area (Å²) < 4.78 is 1.55. The highest BCUT2D eigenvalue weighted by molar-refractivity contribution is 6.03. The van der Waals surface area contributed by atoms with Crippen LogP contribution < -0.4 is 11.1 Å². The Labute approximate surface area is 114 Å². The van der Waals surface area contributed by atoms with Crippen molar-refractivity contribution in [2.75, 3.05) is 11.9 Å². The minimum absolute atomic E-state index is 0.271. The molecule has 4 N–H and O–H groups in total. The molecule has 3 aromatic rings. The summed E-state index contributed by atoms with van der Waals surface area (Å²) in [5.74, 6) is -0.289. The molecule has 0 aliphatic heterocycles. The van der Waals surface area contributed by atoms with Crippen molar-refractivity contribution in [1.29, 1.82) is 0 Å². The third-order valence-corrected chi connectivity index (χ3v) is 2.94. The number of anilines is 1. The summed E-state index contributed by atoms with van der Waals surface area (Å²) in [4.78, 5) is 15.1. The summed E-state index contributed by atoms with van der Waals surface area (Å²) in [5.41, 5.74) is 7.43. The highest BCUT2D eigenvalue weighted by atomic mass is 16.2. The van der Waals surface area contributed by atoms with E-state index in [2.05, 4.69) is 20.6 Å². The van der Waals surface area contributed by atoms with Gasteiger partial charge in [-0.15, -0.1) is 5.10 Å². The van der Waals surface area contributed by atoms with Crippen LogP contribution in [0.5, 0.6) is 0 Å². The van der Waals surface area contributed by atoms with Crippen LogP contribution in [0.1, 0.15) is 10.5 Å². The summed E-state index contributed by atoms with van der Waals surface area (Å²) >= 11 is 0. The molecule has 0 radical (unpaired) electrons. The molecule has 0 saturated heterocycles. The van der Waals surface area contributed by atoms with Gasteiger partial charge in [0.15, 0.2) is 5.69 Å². The fourth-order valence-corrected chi connectivity index (χ4v) is 1.97. The quantitative estimate of drug-likeness (QED) is 0.657. The van der Waals surface area contributed by atoms with Crippen LogP contribution in [0.4, 0.5) is 5.69 Å². The number of rotatable bonds is 4. The lowest BCUT2D eigenvalue weighted by Crippen LogP contribution is -2.12. The molecule has 7 nitrogen and oxygen atoms in total. The molecule has 0 fully saturated rings. The third-order valence-electron chi connectivity index (χ3n) is 2.94. The SMILES string of the molecule is NCCn1cc(C(=O)Nc2ccc3[nH]ccc3c2)nn1. The van der Waals surface area contributed by atoms with Gasteiger partial charge in [0.2, 0.25) is 0 Å². The molecule has 7 heteroatoms. The number of hydrogen-bond acceptors (Lipinski definition) is 4. The van der Waals surface area contributed by atoms with Crippen molar-refractivity contribution in [1.82, 2.24) is 20.0 Å². The fourth-order valence-electron chi connectivity index (χ4n) is 1.97. The highest BCUT2D eigenvalue weighted by Crippen LogP contribution is 2.18. The molecule has 0 saturated carbocycles. The monoisotopic (exact) mass is 270 g/mol. The standard InChI is InChI=1S/C13H14N6O/c14-4-6-19-8-12(17-18-19)13(20)16-10-1-2-11-9(7-10)3-5-15-11/h1-3,5,7-8,15H,4,6,14H2,(H,16,20). The topological polar surface area (TPSA) is 102 Å². The Morgan fingerprint density at radius 2 is 2.30 bits per heavy atom. The van der Waals surface area contributed by atoms with Crippen LogP contribution in [-0.2, 0) is 6.54 Å². The number of nitrogens with two attached hydrogens (primary N) is 1. The van der Waals surface area contributed by atoms with Gasteiger partial charge in [-0.1, -0.05) is 5.21 Å². The van der Waals surface area contributed by atoms with Gasteiger partial charge in [0.05, 0.1) is 12.7 Å². The maximum absolute atomic E-state index is 12.0. The molecule has 1 aromatic carbocycles. The van der Waals surface area contributed by atoms with Gasteiger partial charge in [0, 0.05) is 29.3 Å². The van der Waals surface area contributed by atoms with E-state index < -0.39 is 0 Å². The number of aromatic nitrogens is 4. The van der Waals surface area contributed by atoms with Gasteiger partial charge in [-0.3, -0.25) is 9.48 Å². The number of fused-ring (bicyclic) bond motifs is 1. The molecule has 0 aliphatic rings. The number of carbonyl (C=O) groups excluding carboxylic acids is 1. The Morgan fingerprint density at radius 3 is 3.15 bits per heavy atom. The zero-order chi connectivity index (χ0) is 13.9. The number of aromatic amines is 1. The van der Waals surface area contributed by atoms with E-state index in [4.69, 9.17) is 5.73 Å². The second-order valence-electron chi connectivity index (χ2n) is 4.39. The predicted octanol–water partition coefficient (Wildman–Crippen LogP) is 0.970. The molecule has 3 rings (SSSR count). The number of H-pyrrole nitrogens is 1. The van der Waals surface area contributed by atoms with Crippen molar-refractivity contribution in [2.24, 2.45) is 5.73 Å². The Morgan fingerprint density at radius 1 is 1.40 bits per heavy atom. The molecular weight excluding hydrogens is 256 g/mol. The molecule has 20 heavy (non-hydrogen) atoms. The molecule has 2 heterocycles. The van der Waals surface area contributed by atoms with E-state index in [0.29, 0.717) is 13.1 Å². The minimum atomic E-state index is -0.289. The van der Waals surface area contributed by atoms with Crippen LogP contribution >= 0.6 is 0 Å². The van der Waals surface area contributed by atoms with Crippen LogP contribution in [0.3, 0.4) is 0 Å². The van der Waals surface area contributed by atoms with E-state index in [0.717, 1.165) is 16.6 Å². The average Bonchev–Trinajstić information content (AvgIpc) is 3.07. The molecule has 0 unspecified atom stereocenters. The number of carbonyl (C=O) groups is 1. The maximum atomic E-state index is 12.0. The molecule has 0 spiro atoms. The lowest BCUT2D eigenvalue weighted by Gasteiger charge is -2.02. The second-order valence-corrected chi connectivity index (χ2v) is 4.39. The molecular formula is C13H14N6O. The zero-order valence-electron chi connectivity index (χ0n) is 10.7. The number of benzene rings is 1. The smallest absolute Gasteiger partial charge is 0.277 e. The fraction of sp³-hybridized carbons (Fsp3) is 0.154. The molecule has 2 aromatic heterocycles. The van der Waals surface area contributed by atoms with Crippen molar-refractivity contribution in [2.45, 2.75) is 6.54 Å². The van der Waals surface area contributed by atoms with E-state index in [1.807, 2.05) is 30.5 Å². The Kier molecular flexibility index (Phi) is 3.18. The largest absolute Gasteiger partial charge is 0.361 e. The van der Waals surface area contributed by atoms with E-state index in [-0.39, 0.29) is 11.6 Å². The van der Waals surface area contributed by atoms with Gasteiger partial charge in [0.25, 0.3) is 5.91 Å². The van der Waals surface area contributed by atoms with E-state index in [1.165, 1.54) is 0 Å². The van der Waals surface area contributed by atoms with Gasteiger partial charge in [-0.2, -0.15) is 0 Å². The molecule has 102 valence electrons. The highest BCUT2D eigenvalue weighted by Gasteiger charge is 2.11. The van der Waals surface area contributed by atoms with Crippen molar-refractivity contribution in [3.63, 3.8) is 0 Å². The van der Waals surface area contributed by atoms with Crippen molar-refractivity contribution >= 4 is 22.5 Å². The lowest BCUT2D eigenvalue weighted by atomic mass is 10.2. The average molecular weight is 270 g/mol. The molecule has 0 atom stereocenters. The summed E-state index contributed by atoms with van der Waals surface area (Å²) in [6, 6.07) is 7.59. The van der Waals surface area contributed by atoms with E-state index >= 15 is 0 Å². The summed E-state index contributed by atoms with van der Waals surface area (Å²) in [5, 5.41) is 11.5. The minimum Gasteiger partial charge on any atom is -0.361 e. The Balaban J connectivity index is 1.76. The van der Waals surface area contributed by atoms with Gasteiger partial charge < -0.3 is 16.0 Å². The van der Waals surface area contributed by atoms with Gasteiger partial charge in [0.1, 0.15) is 0 Å². The van der Waals surface area contributed by atoms with Crippen molar-refractivity contribution in [3.05, 3.63) is 42.4 Å². The van der Waals surface area contributed by atoms with Gasteiger partial charge >= 0.3 is 0 Å². The maximum Gasteiger partial charge on any atom is 0.277 e. The first-order valence-corrected chi connectivity index (χ1v) is 6.25. The van der Waals surface area contributed by atoms with Crippen LogP contribution in [0.2, 0.25) is 0 Å². The normalized spacial score (nSPS) is 10.8. The lowest BCUT2D eigenvalue weighted by molar-refractivity contribution is 0.102. The van der Waals surface area contributed by atoms with Crippen LogP contribution in [0.15, 0.2) is 36.7 Å². The first-order valence-electron chi connectivity index (χ1n) is 6.25. The molecule has 0 bridgehead atoms. The van der Waals surface area contributed by atoms with E-state index in [9.17, 15) is 4.79 Å². The first kappa shape index (κ1) is 12.4. The first-order chi connectivity index (χ1) is 9.76. The van der Waals surface area contributed by atoms with Gasteiger partial charge in [-0.25, -0.2) is 0 Å². The second kappa shape index (κ2) is 5.14. The van der Waals surface area contributed by atoms with Crippen LogP contribution in [0.25, 0.3) is 10.9 Å². The van der Waals surface area contributed by atoms with Crippen molar-refractivity contribution in [3.8, 4) is 0 Å². The van der Waals surface area contributed by atoms with Crippen LogP contribution in [0, 0.1) is 0 Å². The Hall–Kier alpha value is -2.67. The van der Waals surface area contributed by atoms with Crippen LogP contribution in [-0.4, -0.2) is 32.4 Å².